The van der Waals surface area contributed by atoms with Gasteiger partial charge in [0.15, 0.2) is 11.6 Å². The number of fused-ring (bicyclic) bond motifs is 1. The van der Waals surface area contributed by atoms with Gasteiger partial charge in [-0.2, -0.15) is 4.39 Å². The van der Waals surface area contributed by atoms with E-state index in [1.54, 1.807) is 12.1 Å². The Morgan fingerprint density at radius 3 is 2.52 bits per heavy atom. The lowest BCUT2D eigenvalue weighted by molar-refractivity contribution is 0.159. The number of ether oxygens (including phenoxy) is 1. The minimum absolute atomic E-state index is 0.00102. The van der Waals surface area contributed by atoms with E-state index in [1.165, 1.54) is 25.7 Å². The van der Waals surface area contributed by atoms with Gasteiger partial charge in [0.25, 0.3) is 0 Å². The highest BCUT2D eigenvalue weighted by Gasteiger charge is 2.26. The maximum absolute atomic E-state index is 14.4. The van der Waals surface area contributed by atoms with E-state index < -0.39 is 11.6 Å². The van der Waals surface area contributed by atoms with Crippen molar-refractivity contribution in [2.45, 2.75) is 77.7 Å². The summed E-state index contributed by atoms with van der Waals surface area (Å²) in [6.45, 7) is 4.25. The summed E-state index contributed by atoms with van der Waals surface area (Å²) in [7, 11) is 0. The van der Waals surface area contributed by atoms with Crippen LogP contribution < -0.4 is 4.74 Å². The Bertz CT molecular complexity index is 615. The normalized spacial score (nSPS) is 26.5. The van der Waals surface area contributed by atoms with Crippen LogP contribution in [0.4, 0.5) is 8.78 Å². The standard InChI is InChI=1S/C22H30F2O/c1-3-5-15-6-8-16(9-7-15)10-11-17-14-18-12-13-19(4-2)25-22(18)21(24)20(17)23/h10-11,14-16,19H,3-9,12-13H2,1-2H3/b11-10+. The summed E-state index contributed by atoms with van der Waals surface area (Å²) in [6, 6.07) is 1.78. The van der Waals surface area contributed by atoms with Crippen LogP contribution in [0.5, 0.6) is 5.75 Å². The molecule has 1 aliphatic carbocycles. The SMILES string of the molecule is CCCC1CCC(/C=C/c2cc3c(c(F)c2F)OC(CC)CC3)CC1. The van der Waals surface area contributed by atoms with Crippen LogP contribution in [0.3, 0.4) is 0 Å². The van der Waals surface area contributed by atoms with Gasteiger partial charge in [0, 0.05) is 5.56 Å². The highest BCUT2D eigenvalue weighted by atomic mass is 19.2. The third kappa shape index (κ3) is 4.24. The van der Waals surface area contributed by atoms with Gasteiger partial charge in [0.05, 0.1) is 6.10 Å². The number of allylic oxidation sites excluding steroid dienone is 1. The second-order valence-electron chi connectivity index (χ2n) is 7.70. The van der Waals surface area contributed by atoms with Crippen LogP contribution in [0.15, 0.2) is 12.1 Å². The molecule has 1 fully saturated rings. The van der Waals surface area contributed by atoms with Crippen LogP contribution in [-0.4, -0.2) is 6.10 Å². The fraction of sp³-hybridized carbons (Fsp3) is 0.636. The highest BCUT2D eigenvalue weighted by Crippen LogP contribution is 2.36. The molecule has 0 bridgehead atoms. The molecule has 138 valence electrons. The molecule has 0 aromatic heterocycles. The van der Waals surface area contributed by atoms with Crippen molar-refractivity contribution in [3.63, 3.8) is 0 Å². The van der Waals surface area contributed by atoms with Crippen molar-refractivity contribution in [3.8, 4) is 5.75 Å². The Balaban J connectivity index is 1.70. The van der Waals surface area contributed by atoms with Gasteiger partial charge >= 0.3 is 0 Å². The molecule has 0 spiro atoms. The highest BCUT2D eigenvalue weighted by molar-refractivity contribution is 5.55. The van der Waals surface area contributed by atoms with Crippen molar-refractivity contribution in [1.82, 2.24) is 0 Å². The maximum Gasteiger partial charge on any atom is 0.201 e. The summed E-state index contributed by atoms with van der Waals surface area (Å²) in [5, 5.41) is 0. The molecule has 1 aliphatic heterocycles. The average molecular weight is 348 g/mol. The van der Waals surface area contributed by atoms with Crippen LogP contribution in [0.2, 0.25) is 0 Å². The minimum Gasteiger partial charge on any atom is -0.487 e. The Morgan fingerprint density at radius 2 is 1.84 bits per heavy atom. The summed E-state index contributed by atoms with van der Waals surface area (Å²) in [5.41, 5.74) is 1.17. The van der Waals surface area contributed by atoms with Crippen LogP contribution in [0.25, 0.3) is 6.08 Å². The Labute approximate surface area is 150 Å². The molecule has 2 aliphatic rings. The van der Waals surface area contributed by atoms with Gasteiger partial charge in [0.1, 0.15) is 0 Å². The molecule has 0 N–H and O–H groups in total. The minimum atomic E-state index is -0.818. The van der Waals surface area contributed by atoms with E-state index in [1.807, 2.05) is 6.92 Å². The molecule has 1 aromatic carbocycles. The quantitative estimate of drug-likeness (QED) is 0.576. The van der Waals surface area contributed by atoms with Crippen LogP contribution in [0.1, 0.15) is 76.3 Å². The summed E-state index contributed by atoms with van der Waals surface area (Å²) < 4.78 is 34.5. The lowest BCUT2D eigenvalue weighted by Gasteiger charge is -2.27. The number of halogens is 2. The van der Waals surface area contributed by atoms with E-state index in [0.29, 0.717) is 11.5 Å². The molecule has 1 unspecified atom stereocenters. The lowest BCUT2D eigenvalue weighted by Crippen LogP contribution is -2.23. The molecule has 1 heterocycles. The predicted octanol–water partition coefficient (Wildman–Crippen LogP) is 6.69. The maximum atomic E-state index is 14.4. The number of benzene rings is 1. The molecule has 0 radical (unpaired) electrons. The van der Waals surface area contributed by atoms with Gasteiger partial charge in [-0.15, -0.1) is 0 Å². The van der Waals surface area contributed by atoms with E-state index in [9.17, 15) is 8.78 Å². The average Bonchev–Trinajstić information content (AvgIpc) is 2.64. The molecular formula is C22H30F2O. The first-order valence-corrected chi connectivity index (χ1v) is 9.98. The molecule has 1 aromatic rings. The molecule has 0 saturated heterocycles. The fourth-order valence-electron chi connectivity index (χ4n) is 4.27. The smallest absolute Gasteiger partial charge is 0.201 e. The zero-order chi connectivity index (χ0) is 17.8. The first kappa shape index (κ1) is 18.4. The van der Waals surface area contributed by atoms with Crippen molar-refractivity contribution in [1.29, 1.82) is 0 Å². The molecule has 0 amide bonds. The topological polar surface area (TPSA) is 9.23 Å². The fourth-order valence-corrected chi connectivity index (χ4v) is 4.27. The number of hydrogen-bond acceptors (Lipinski definition) is 1. The summed E-state index contributed by atoms with van der Waals surface area (Å²) >= 11 is 0. The number of rotatable bonds is 5. The zero-order valence-electron chi connectivity index (χ0n) is 15.5. The summed E-state index contributed by atoms with van der Waals surface area (Å²) in [4.78, 5) is 0. The number of aryl methyl sites for hydroxylation is 1. The van der Waals surface area contributed by atoms with Gasteiger partial charge < -0.3 is 4.74 Å². The van der Waals surface area contributed by atoms with Crippen LogP contribution in [-0.2, 0) is 6.42 Å². The van der Waals surface area contributed by atoms with E-state index in [0.717, 1.165) is 43.6 Å². The van der Waals surface area contributed by atoms with Gasteiger partial charge in [0.2, 0.25) is 5.82 Å². The molecule has 3 rings (SSSR count). The third-order valence-corrected chi connectivity index (χ3v) is 5.88. The van der Waals surface area contributed by atoms with Crippen molar-refractivity contribution >= 4 is 6.08 Å². The first-order chi connectivity index (χ1) is 12.1. The van der Waals surface area contributed by atoms with Gasteiger partial charge in [-0.1, -0.05) is 38.8 Å². The van der Waals surface area contributed by atoms with Gasteiger partial charge in [-0.05, 0) is 68.4 Å². The lowest BCUT2D eigenvalue weighted by atomic mass is 9.80. The van der Waals surface area contributed by atoms with E-state index >= 15 is 0 Å². The Hall–Kier alpha value is -1.38. The third-order valence-electron chi connectivity index (χ3n) is 5.88. The first-order valence-electron chi connectivity index (χ1n) is 9.98. The summed E-state index contributed by atoms with van der Waals surface area (Å²) in [6.07, 6.45) is 13.8. The van der Waals surface area contributed by atoms with Crippen molar-refractivity contribution in [3.05, 3.63) is 34.9 Å². The predicted molar refractivity (Wildman–Crippen MR) is 98.8 cm³/mol. The largest absolute Gasteiger partial charge is 0.487 e. The second-order valence-corrected chi connectivity index (χ2v) is 7.70. The molecule has 1 saturated carbocycles. The molecule has 25 heavy (non-hydrogen) atoms. The van der Waals surface area contributed by atoms with Crippen LogP contribution in [0, 0.1) is 23.5 Å². The van der Waals surface area contributed by atoms with E-state index in [-0.39, 0.29) is 11.9 Å². The van der Waals surface area contributed by atoms with E-state index in [4.69, 9.17) is 4.74 Å². The van der Waals surface area contributed by atoms with Crippen LogP contribution >= 0.6 is 0 Å². The summed E-state index contributed by atoms with van der Waals surface area (Å²) in [5.74, 6) is -0.107. The molecular weight excluding hydrogens is 318 g/mol. The van der Waals surface area contributed by atoms with Crippen molar-refractivity contribution in [2.24, 2.45) is 11.8 Å². The zero-order valence-corrected chi connectivity index (χ0v) is 15.5. The molecule has 1 nitrogen and oxygen atoms in total. The van der Waals surface area contributed by atoms with Crippen molar-refractivity contribution in [2.75, 3.05) is 0 Å². The van der Waals surface area contributed by atoms with Crippen molar-refractivity contribution < 1.29 is 13.5 Å². The van der Waals surface area contributed by atoms with Gasteiger partial charge in [-0.25, -0.2) is 4.39 Å². The Kier molecular flexibility index (Phi) is 6.14. The molecule has 1 atom stereocenters. The van der Waals surface area contributed by atoms with Gasteiger partial charge in [-0.3, -0.25) is 0 Å². The second kappa shape index (κ2) is 8.33. The Morgan fingerprint density at radius 1 is 1.08 bits per heavy atom. The van der Waals surface area contributed by atoms with E-state index in [2.05, 4.69) is 13.0 Å². The molecule has 3 heteroatoms. The number of hydrogen-bond donors (Lipinski definition) is 0. The monoisotopic (exact) mass is 348 g/mol.